The van der Waals surface area contributed by atoms with Gasteiger partial charge in [-0.15, -0.1) is 0 Å². The Hall–Kier alpha value is -2.37. The van der Waals surface area contributed by atoms with Crippen molar-refractivity contribution in [3.05, 3.63) is 30.0 Å². The van der Waals surface area contributed by atoms with Crippen LogP contribution in [0.4, 0.5) is 0 Å². The molecule has 2 aromatic rings. The molecule has 0 bridgehead atoms. The van der Waals surface area contributed by atoms with Gasteiger partial charge in [0.1, 0.15) is 0 Å². The zero-order valence-electron chi connectivity index (χ0n) is 10.2. The Morgan fingerprint density at radius 3 is 2.84 bits per heavy atom. The zero-order chi connectivity index (χ0) is 13.4. The molecule has 0 saturated carbocycles. The lowest BCUT2D eigenvalue weighted by Crippen LogP contribution is -2.50. The van der Waals surface area contributed by atoms with Gasteiger partial charge in [-0.1, -0.05) is 18.2 Å². The third-order valence-corrected chi connectivity index (χ3v) is 3.38. The summed E-state index contributed by atoms with van der Waals surface area (Å²) in [6, 6.07) is 7.45. The number of carboxylic acid groups (broad SMARTS) is 1. The molecule has 6 heteroatoms. The summed E-state index contributed by atoms with van der Waals surface area (Å²) in [5.74, 6) is -0.895. The highest BCUT2D eigenvalue weighted by Gasteiger charge is 2.34. The molecule has 1 saturated heterocycles. The third kappa shape index (κ3) is 2.05. The molecule has 1 aromatic carbocycles. The Morgan fingerprint density at radius 2 is 2.11 bits per heavy atom. The molecule has 0 aliphatic carbocycles. The van der Waals surface area contributed by atoms with Crippen molar-refractivity contribution in [2.75, 3.05) is 13.1 Å². The van der Waals surface area contributed by atoms with Gasteiger partial charge in [0.25, 0.3) is 5.91 Å². The number of carbonyl (C=O) groups is 2. The fourth-order valence-corrected chi connectivity index (χ4v) is 2.39. The number of aromatic amines is 1. The SMILES string of the molecule is O=C(O)CC1CN(C(=O)c2n[nH]c3ccccc23)C1. The molecule has 1 aliphatic heterocycles. The van der Waals surface area contributed by atoms with Gasteiger partial charge in [-0.25, -0.2) is 0 Å². The van der Waals surface area contributed by atoms with Crippen LogP contribution in [-0.4, -0.2) is 45.2 Å². The number of fused-ring (bicyclic) bond motifs is 1. The molecule has 1 aliphatic rings. The monoisotopic (exact) mass is 259 g/mol. The van der Waals surface area contributed by atoms with Crippen molar-refractivity contribution in [1.29, 1.82) is 0 Å². The van der Waals surface area contributed by atoms with Crippen molar-refractivity contribution in [2.45, 2.75) is 6.42 Å². The number of benzene rings is 1. The maximum absolute atomic E-state index is 12.2. The standard InChI is InChI=1S/C13H13N3O3/c17-11(18)5-8-6-16(7-8)13(19)12-9-3-1-2-4-10(9)14-15-12/h1-4,8H,5-7H2,(H,14,15)(H,17,18). The van der Waals surface area contributed by atoms with Crippen molar-refractivity contribution in [2.24, 2.45) is 5.92 Å². The minimum atomic E-state index is -0.817. The minimum Gasteiger partial charge on any atom is -0.481 e. The predicted octanol–water partition coefficient (Wildman–Crippen LogP) is 1.11. The highest BCUT2D eigenvalue weighted by atomic mass is 16.4. The van der Waals surface area contributed by atoms with E-state index in [9.17, 15) is 9.59 Å². The molecule has 0 spiro atoms. The van der Waals surface area contributed by atoms with E-state index in [0.29, 0.717) is 18.8 Å². The van der Waals surface area contributed by atoms with Gasteiger partial charge in [0, 0.05) is 24.4 Å². The second-order valence-corrected chi connectivity index (χ2v) is 4.79. The molecule has 98 valence electrons. The number of aromatic nitrogens is 2. The van der Waals surface area contributed by atoms with Gasteiger partial charge < -0.3 is 10.0 Å². The van der Waals surface area contributed by atoms with Crippen LogP contribution in [-0.2, 0) is 4.79 Å². The van der Waals surface area contributed by atoms with Crippen LogP contribution < -0.4 is 0 Å². The van der Waals surface area contributed by atoms with Gasteiger partial charge in [0.2, 0.25) is 0 Å². The van der Waals surface area contributed by atoms with Crippen LogP contribution >= 0.6 is 0 Å². The van der Waals surface area contributed by atoms with Crippen LogP contribution in [0.5, 0.6) is 0 Å². The summed E-state index contributed by atoms with van der Waals surface area (Å²) in [4.78, 5) is 24.4. The topological polar surface area (TPSA) is 86.3 Å². The van der Waals surface area contributed by atoms with E-state index in [2.05, 4.69) is 10.2 Å². The lowest BCUT2D eigenvalue weighted by Gasteiger charge is -2.38. The summed E-state index contributed by atoms with van der Waals surface area (Å²) in [5.41, 5.74) is 1.23. The molecule has 2 heterocycles. The molecule has 0 atom stereocenters. The van der Waals surface area contributed by atoms with E-state index in [1.165, 1.54) is 0 Å². The van der Waals surface area contributed by atoms with Crippen molar-refractivity contribution < 1.29 is 14.7 Å². The minimum absolute atomic E-state index is 0.0617. The van der Waals surface area contributed by atoms with Crippen LogP contribution in [0.15, 0.2) is 24.3 Å². The first-order valence-corrected chi connectivity index (χ1v) is 6.09. The highest BCUT2D eigenvalue weighted by Crippen LogP contribution is 2.23. The maximum atomic E-state index is 12.2. The Morgan fingerprint density at radius 1 is 1.37 bits per heavy atom. The molecular weight excluding hydrogens is 246 g/mol. The molecule has 1 amide bonds. The Kier molecular flexibility index (Phi) is 2.70. The van der Waals surface area contributed by atoms with Gasteiger partial charge in [-0.2, -0.15) is 5.10 Å². The molecular formula is C13H13N3O3. The Balaban J connectivity index is 1.74. The second-order valence-electron chi connectivity index (χ2n) is 4.79. The van der Waals surface area contributed by atoms with E-state index < -0.39 is 5.97 Å². The van der Waals surface area contributed by atoms with Gasteiger partial charge in [0.15, 0.2) is 5.69 Å². The summed E-state index contributed by atoms with van der Waals surface area (Å²) in [7, 11) is 0. The number of hydrogen-bond acceptors (Lipinski definition) is 3. The van der Waals surface area contributed by atoms with E-state index in [4.69, 9.17) is 5.11 Å². The van der Waals surface area contributed by atoms with E-state index >= 15 is 0 Å². The largest absolute Gasteiger partial charge is 0.481 e. The normalized spacial score (nSPS) is 15.5. The lowest BCUT2D eigenvalue weighted by molar-refractivity contribution is -0.139. The van der Waals surface area contributed by atoms with Crippen LogP contribution in [0.3, 0.4) is 0 Å². The number of likely N-dealkylation sites (tertiary alicyclic amines) is 1. The van der Waals surface area contributed by atoms with Crippen molar-refractivity contribution >= 4 is 22.8 Å². The fraction of sp³-hybridized carbons (Fsp3) is 0.308. The molecule has 1 fully saturated rings. The first kappa shape index (κ1) is 11.7. The third-order valence-electron chi connectivity index (χ3n) is 3.38. The summed E-state index contributed by atoms with van der Waals surface area (Å²) in [6.07, 6.45) is 0.116. The van der Waals surface area contributed by atoms with Gasteiger partial charge in [-0.3, -0.25) is 14.7 Å². The second kappa shape index (κ2) is 4.38. The van der Waals surface area contributed by atoms with E-state index in [1.54, 1.807) is 4.90 Å². The molecule has 1 aromatic heterocycles. The van der Waals surface area contributed by atoms with Crippen LogP contribution in [0.25, 0.3) is 10.9 Å². The summed E-state index contributed by atoms with van der Waals surface area (Å²) < 4.78 is 0. The number of nitrogens with one attached hydrogen (secondary N) is 1. The average Bonchev–Trinajstić information content (AvgIpc) is 2.76. The van der Waals surface area contributed by atoms with Gasteiger partial charge >= 0.3 is 5.97 Å². The van der Waals surface area contributed by atoms with Gasteiger partial charge in [-0.05, 0) is 6.07 Å². The fourth-order valence-electron chi connectivity index (χ4n) is 2.39. The lowest BCUT2D eigenvalue weighted by atomic mass is 9.96. The smallest absolute Gasteiger partial charge is 0.303 e. The maximum Gasteiger partial charge on any atom is 0.303 e. The number of hydrogen-bond donors (Lipinski definition) is 2. The molecule has 0 unspecified atom stereocenters. The number of amides is 1. The van der Waals surface area contributed by atoms with Crippen molar-refractivity contribution in [1.82, 2.24) is 15.1 Å². The summed E-state index contributed by atoms with van der Waals surface area (Å²) >= 11 is 0. The van der Waals surface area contributed by atoms with Gasteiger partial charge in [0.05, 0.1) is 11.9 Å². The quantitative estimate of drug-likeness (QED) is 0.864. The van der Waals surface area contributed by atoms with Crippen LogP contribution in [0.2, 0.25) is 0 Å². The number of aliphatic carboxylic acids is 1. The number of carboxylic acids is 1. The van der Waals surface area contributed by atoms with E-state index in [1.807, 2.05) is 24.3 Å². The zero-order valence-corrected chi connectivity index (χ0v) is 10.2. The van der Waals surface area contributed by atoms with E-state index in [-0.39, 0.29) is 18.2 Å². The molecule has 2 N–H and O–H groups in total. The number of rotatable bonds is 3. The average molecular weight is 259 g/mol. The first-order valence-electron chi connectivity index (χ1n) is 6.09. The first-order chi connectivity index (χ1) is 9.15. The number of para-hydroxylation sites is 1. The van der Waals surface area contributed by atoms with Crippen molar-refractivity contribution in [3.63, 3.8) is 0 Å². The predicted molar refractivity (Wildman–Crippen MR) is 67.7 cm³/mol. The number of H-pyrrole nitrogens is 1. The van der Waals surface area contributed by atoms with Crippen LogP contribution in [0.1, 0.15) is 16.9 Å². The molecule has 6 nitrogen and oxygen atoms in total. The number of carbonyl (C=O) groups excluding carboxylic acids is 1. The highest BCUT2D eigenvalue weighted by molar-refractivity contribution is 6.04. The summed E-state index contributed by atoms with van der Waals surface area (Å²) in [6.45, 7) is 0.985. The van der Waals surface area contributed by atoms with Crippen LogP contribution in [0, 0.1) is 5.92 Å². The molecule has 3 rings (SSSR count). The van der Waals surface area contributed by atoms with E-state index in [0.717, 1.165) is 10.9 Å². The van der Waals surface area contributed by atoms with Crippen molar-refractivity contribution in [3.8, 4) is 0 Å². The Bertz CT molecular complexity index is 643. The number of nitrogens with zero attached hydrogens (tertiary/aromatic N) is 2. The Labute approximate surface area is 109 Å². The summed E-state index contributed by atoms with van der Waals surface area (Å²) in [5, 5.41) is 16.4. The molecule has 19 heavy (non-hydrogen) atoms. The molecule has 0 radical (unpaired) electrons.